The zero-order valence-corrected chi connectivity index (χ0v) is 14.3. The van der Waals surface area contributed by atoms with Crippen LogP contribution in [0.5, 0.6) is 5.75 Å². The van der Waals surface area contributed by atoms with Gasteiger partial charge >= 0.3 is 0 Å². The lowest BCUT2D eigenvalue weighted by molar-refractivity contribution is 0.357. The van der Waals surface area contributed by atoms with Gasteiger partial charge < -0.3 is 10.1 Å². The molecule has 1 saturated carbocycles. The second kappa shape index (κ2) is 7.31. The van der Waals surface area contributed by atoms with Crippen molar-refractivity contribution in [2.45, 2.75) is 59.4 Å². The summed E-state index contributed by atoms with van der Waals surface area (Å²) in [6, 6.07) is 5.03. The minimum atomic E-state index is 0.496. The van der Waals surface area contributed by atoms with E-state index in [1.54, 1.807) is 7.11 Å². The van der Waals surface area contributed by atoms with Crippen molar-refractivity contribution in [1.29, 1.82) is 0 Å². The van der Waals surface area contributed by atoms with Crippen LogP contribution in [0.4, 0.5) is 0 Å². The standard InChI is InChI=1S/C19H31NO/c1-6-15-8-9-16(12-15)19(20-7-2)17-10-14(4)18(21-5)11-13(17)3/h10-11,15-16,19-20H,6-9,12H2,1-5H3. The quantitative estimate of drug-likeness (QED) is 0.813. The van der Waals surface area contributed by atoms with E-state index >= 15 is 0 Å². The molecule has 3 unspecified atom stereocenters. The maximum Gasteiger partial charge on any atom is 0.122 e. The van der Waals surface area contributed by atoms with Gasteiger partial charge in [0.1, 0.15) is 5.75 Å². The van der Waals surface area contributed by atoms with E-state index in [1.807, 2.05) is 0 Å². The Kier molecular flexibility index (Phi) is 5.69. The smallest absolute Gasteiger partial charge is 0.122 e. The lowest BCUT2D eigenvalue weighted by Crippen LogP contribution is -2.28. The molecule has 1 aliphatic rings. The first kappa shape index (κ1) is 16.4. The lowest BCUT2D eigenvalue weighted by atomic mass is 9.87. The summed E-state index contributed by atoms with van der Waals surface area (Å²) >= 11 is 0. The number of aryl methyl sites for hydroxylation is 2. The third-order valence-electron chi connectivity index (χ3n) is 5.17. The highest BCUT2D eigenvalue weighted by atomic mass is 16.5. The van der Waals surface area contributed by atoms with Gasteiger partial charge in [-0.2, -0.15) is 0 Å². The van der Waals surface area contributed by atoms with Crippen LogP contribution in [-0.4, -0.2) is 13.7 Å². The first-order chi connectivity index (χ1) is 10.1. The topological polar surface area (TPSA) is 21.3 Å². The molecule has 2 nitrogen and oxygen atoms in total. The molecule has 0 aliphatic heterocycles. The van der Waals surface area contributed by atoms with E-state index in [0.717, 1.165) is 24.1 Å². The molecular weight excluding hydrogens is 258 g/mol. The van der Waals surface area contributed by atoms with Crippen LogP contribution in [0.3, 0.4) is 0 Å². The van der Waals surface area contributed by atoms with Crippen LogP contribution in [0.15, 0.2) is 12.1 Å². The second-order valence-electron chi connectivity index (χ2n) is 6.56. The van der Waals surface area contributed by atoms with Crippen LogP contribution in [0.2, 0.25) is 0 Å². The van der Waals surface area contributed by atoms with Crippen molar-refractivity contribution in [1.82, 2.24) is 5.32 Å². The summed E-state index contributed by atoms with van der Waals surface area (Å²) in [4.78, 5) is 0. The van der Waals surface area contributed by atoms with Gasteiger partial charge in [0.05, 0.1) is 7.11 Å². The van der Waals surface area contributed by atoms with Crippen molar-refractivity contribution in [3.05, 3.63) is 28.8 Å². The van der Waals surface area contributed by atoms with E-state index in [2.05, 4.69) is 45.1 Å². The third-order valence-corrected chi connectivity index (χ3v) is 5.17. The molecule has 0 spiro atoms. The fourth-order valence-electron chi connectivity index (χ4n) is 3.90. The summed E-state index contributed by atoms with van der Waals surface area (Å²) in [7, 11) is 1.76. The monoisotopic (exact) mass is 289 g/mol. The van der Waals surface area contributed by atoms with Gasteiger partial charge in [0.2, 0.25) is 0 Å². The molecule has 1 N–H and O–H groups in total. The fourth-order valence-corrected chi connectivity index (χ4v) is 3.90. The Morgan fingerprint density at radius 3 is 2.52 bits per heavy atom. The molecule has 0 aromatic heterocycles. The van der Waals surface area contributed by atoms with Gasteiger partial charge in [0, 0.05) is 6.04 Å². The summed E-state index contributed by atoms with van der Waals surface area (Å²) in [6.45, 7) is 9.94. The number of ether oxygens (including phenoxy) is 1. The Hall–Kier alpha value is -1.02. The predicted molar refractivity (Wildman–Crippen MR) is 90.0 cm³/mol. The van der Waals surface area contributed by atoms with Gasteiger partial charge in [-0.15, -0.1) is 0 Å². The number of hydrogen-bond acceptors (Lipinski definition) is 2. The van der Waals surface area contributed by atoms with Crippen LogP contribution in [-0.2, 0) is 0 Å². The van der Waals surface area contributed by atoms with E-state index < -0.39 is 0 Å². The zero-order chi connectivity index (χ0) is 15.4. The van der Waals surface area contributed by atoms with Crippen molar-refractivity contribution in [3.63, 3.8) is 0 Å². The fraction of sp³-hybridized carbons (Fsp3) is 0.684. The highest BCUT2D eigenvalue weighted by Crippen LogP contribution is 2.42. The molecule has 3 atom stereocenters. The number of nitrogens with one attached hydrogen (secondary N) is 1. The van der Waals surface area contributed by atoms with Gasteiger partial charge in [-0.1, -0.05) is 32.8 Å². The van der Waals surface area contributed by atoms with E-state index in [1.165, 1.54) is 42.4 Å². The molecule has 0 heterocycles. The van der Waals surface area contributed by atoms with Gasteiger partial charge in [-0.25, -0.2) is 0 Å². The molecule has 0 radical (unpaired) electrons. The van der Waals surface area contributed by atoms with Gasteiger partial charge in [0.15, 0.2) is 0 Å². The Morgan fingerprint density at radius 1 is 1.19 bits per heavy atom. The molecule has 1 aliphatic carbocycles. The normalized spacial score (nSPS) is 23.3. The third kappa shape index (κ3) is 3.60. The maximum absolute atomic E-state index is 5.46. The van der Waals surface area contributed by atoms with E-state index in [4.69, 9.17) is 4.74 Å². The molecule has 0 saturated heterocycles. The highest BCUT2D eigenvalue weighted by molar-refractivity contribution is 5.43. The Morgan fingerprint density at radius 2 is 1.95 bits per heavy atom. The van der Waals surface area contributed by atoms with Crippen LogP contribution in [0, 0.1) is 25.7 Å². The van der Waals surface area contributed by atoms with Crippen LogP contribution >= 0.6 is 0 Å². The molecule has 0 bridgehead atoms. The Balaban J connectivity index is 2.28. The summed E-state index contributed by atoms with van der Waals surface area (Å²) in [6.07, 6.45) is 5.46. The zero-order valence-electron chi connectivity index (χ0n) is 14.3. The average Bonchev–Trinajstić information content (AvgIpc) is 2.95. The van der Waals surface area contributed by atoms with E-state index in [9.17, 15) is 0 Å². The van der Waals surface area contributed by atoms with Crippen molar-refractivity contribution < 1.29 is 4.74 Å². The van der Waals surface area contributed by atoms with Crippen LogP contribution in [0.25, 0.3) is 0 Å². The molecule has 118 valence electrons. The lowest BCUT2D eigenvalue weighted by Gasteiger charge is -2.27. The Labute approximate surface area is 130 Å². The SMILES string of the molecule is CCNC(c1cc(C)c(OC)cc1C)C1CCC(CC)C1. The summed E-state index contributed by atoms with van der Waals surface area (Å²) in [5, 5.41) is 3.75. The second-order valence-corrected chi connectivity index (χ2v) is 6.56. The van der Waals surface area contributed by atoms with Crippen LogP contribution in [0.1, 0.15) is 62.3 Å². The molecule has 2 heteroatoms. The van der Waals surface area contributed by atoms with Gasteiger partial charge in [0.25, 0.3) is 0 Å². The molecular formula is C19H31NO. The highest BCUT2D eigenvalue weighted by Gasteiger charge is 2.31. The van der Waals surface area contributed by atoms with E-state index in [0.29, 0.717) is 6.04 Å². The van der Waals surface area contributed by atoms with Gasteiger partial charge in [-0.3, -0.25) is 0 Å². The molecule has 1 aromatic carbocycles. The van der Waals surface area contributed by atoms with Crippen molar-refractivity contribution >= 4 is 0 Å². The summed E-state index contributed by atoms with van der Waals surface area (Å²) < 4.78 is 5.46. The van der Waals surface area contributed by atoms with E-state index in [-0.39, 0.29) is 0 Å². The molecule has 1 aromatic rings. The predicted octanol–water partition coefficient (Wildman–Crippen LogP) is 4.79. The number of hydrogen-bond donors (Lipinski definition) is 1. The van der Waals surface area contributed by atoms with Crippen molar-refractivity contribution in [3.8, 4) is 5.75 Å². The number of benzene rings is 1. The molecule has 21 heavy (non-hydrogen) atoms. The Bertz CT molecular complexity index is 469. The molecule has 2 rings (SSSR count). The van der Waals surface area contributed by atoms with Crippen LogP contribution < -0.4 is 10.1 Å². The first-order valence-electron chi connectivity index (χ1n) is 8.49. The number of methoxy groups -OCH3 is 1. The molecule has 1 fully saturated rings. The van der Waals surface area contributed by atoms with Crippen molar-refractivity contribution in [2.24, 2.45) is 11.8 Å². The maximum atomic E-state index is 5.46. The largest absolute Gasteiger partial charge is 0.496 e. The average molecular weight is 289 g/mol. The summed E-state index contributed by atoms with van der Waals surface area (Å²) in [5.41, 5.74) is 4.06. The van der Waals surface area contributed by atoms with Gasteiger partial charge in [-0.05, 0) is 67.8 Å². The minimum Gasteiger partial charge on any atom is -0.496 e. The number of rotatable bonds is 6. The summed E-state index contributed by atoms with van der Waals surface area (Å²) in [5.74, 6) is 2.71. The molecule has 0 amide bonds. The minimum absolute atomic E-state index is 0.496. The first-order valence-corrected chi connectivity index (χ1v) is 8.49. The van der Waals surface area contributed by atoms with Crippen molar-refractivity contribution in [2.75, 3.05) is 13.7 Å².